The molecule has 0 radical (unpaired) electrons. The van der Waals surface area contributed by atoms with Crippen molar-refractivity contribution >= 4 is 21.6 Å². The van der Waals surface area contributed by atoms with E-state index in [1.165, 1.54) is 12.1 Å². The molecule has 3 heteroatoms. The lowest BCUT2D eigenvalue weighted by Crippen LogP contribution is -2.26. The second kappa shape index (κ2) is 4.99. The summed E-state index contributed by atoms with van der Waals surface area (Å²) in [6.45, 7) is 7.50. The molecule has 1 heterocycles. The second-order valence-electron chi connectivity index (χ2n) is 5.22. The van der Waals surface area contributed by atoms with Gasteiger partial charge in [0.25, 0.3) is 0 Å². The van der Waals surface area contributed by atoms with Crippen LogP contribution in [0.15, 0.2) is 22.7 Å². The van der Waals surface area contributed by atoms with Crippen LogP contribution < -0.4 is 4.90 Å². The standard InChI is InChI=1S/C14H20BrNO/c1-9-6-10(2)16(8-9)12-4-5-13(11(3)17)14(15)7-12/h4-5,7,9-11,17H,6,8H2,1-3H3. The van der Waals surface area contributed by atoms with Gasteiger partial charge in [-0.1, -0.05) is 28.9 Å². The number of hydrogen-bond acceptors (Lipinski definition) is 2. The van der Waals surface area contributed by atoms with E-state index in [0.29, 0.717) is 6.04 Å². The molecule has 0 amide bonds. The van der Waals surface area contributed by atoms with Gasteiger partial charge >= 0.3 is 0 Å². The fourth-order valence-corrected chi connectivity index (χ4v) is 3.39. The van der Waals surface area contributed by atoms with Gasteiger partial charge in [0.15, 0.2) is 0 Å². The van der Waals surface area contributed by atoms with Gasteiger partial charge < -0.3 is 10.0 Å². The molecule has 0 aromatic heterocycles. The van der Waals surface area contributed by atoms with Gasteiger partial charge in [0.05, 0.1) is 6.10 Å². The van der Waals surface area contributed by atoms with E-state index < -0.39 is 6.10 Å². The Morgan fingerprint density at radius 1 is 1.41 bits per heavy atom. The van der Waals surface area contributed by atoms with E-state index in [2.05, 4.69) is 46.8 Å². The number of anilines is 1. The predicted molar refractivity (Wildman–Crippen MR) is 75.4 cm³/mol. The molecule has 94 valence electrons. The van der Waals surface area contributed by atoms with Crippen molar-refractivity contribution in [2.45, 2.75) is 39.3 Å². The topological polar surface area (TPSA) is 23.5 Å². The predicted octanol–water partition coefficient (Wildman–Crippen LogP) is 3.74. The van der Waals surface area contributed by atoms with Crippen LogP contribution in [0.3, 0.4) is 0 Å². The largest absolute Gasteiger partial charge is 0.389 e. The molecular weight excluding hydrogens is 278 g/mol. The highest BCUT2D eigenvalue weighted by Crippen LogP contribution is 2.33. The van der Waals surface area contributed by atoms with Crippen molar-refractivity contribution in [1.29, 1.82) is 0 Å². The van der Waals surface area contributed by atoms with Gasteiger partial charge in [0, 0.05) is 22.7 Å². The third kappa shape index (κ3) is 2.66. The Labute approximate surface area is 112 Å². The molecule has 0 bridgehead atoms. The maximum absolute atomic E-state index is 9.61. The third-order valence-electron chi connectivity index (χ3n) is 3.55. The molecular formula is C14H20BrNO. The van der Waals surface area contributed by atoms with Crippen LogP contribution in [0.25, 0.3) is 0 Å². The average molecular weight is 298 g/mol. The van der Waals surface area contributed by atoms with Gasteiger partial charge in [0.2, 0.25) is 0 Å². The van der Waals surface area contributed by atoms with E-state index in [1.807, 2.05) is 6.07 Å². The number of hydrogen-bond donors (Lipinski definition) is 1. The minimum atomic E-state index is -0.423. The molecule has 1 aliphatic rings. The van der Waals surface area contributed by atoms with Gasteiger partial charge in [-0.25, -0.2) is 0 Å². The molecule has 0 saturated carbocycles. The Hall–Kier alpha value is -0.540. The summed E-state index contributed by atoms with van der Waals surface area (Å²) in [4.78, 5) is 2.45. The van der Waals surface area contributed by atoms with E-state index >= 15 is 0 Å². The van der Waals surface area contributed by atoms with Gasteiger partial charge in [-0.05, 0) is 43.9 Å². The van der Waals surface area contributed by atoms with Gasteiger partial charge in [0.1, 0.15) is 0 Å². The third-order valence-corrected chi connectivity index (χ3v) is 4.24. The Kier molecular flexibility index (Phi) is 3.79. The van der Waals surface area contributed by atoms with Crippen molar-refractivity contribution in [2.75, 3.05) is 11.4 Å². The van der Waals surface area contributed by atoms with Crippen LogP contribution in [0.2, 0.25) is 0 Å². The van der Waals surface area contributed by atoms with Gasteiger partial charge in [-0.15, -0.1) is 0 Å². The van der Waals surface area contributed by atoms with Gasteiger partial charge in [-0.3, -0.25) is 0 Å². The molecule has 0 aliphatic carbocycles. The number of aliphatic hydroxyl groups excluding tert-OH is 1. The van der Waals surface area contributed by atoms with Crippen molar-refractivity contribution in [3.05, 3.63) is 28.2 Å². The zero-order valence-corrected chi connectivity index (χ0v) is 12.2. The summed E-state index contributed by atoms with van der Waals surface area (Å²) in [5.41, 5.74) is 2.20. The number of aliphatic hydroxyl groups is 1. The molecule has 1 aliphatic heterocycles. The Morgan fingerprint density at radius 3 is 2.59 bits per heavy atom. The minimum Gasteiger partial charge on any atom is -0.389 e. The van der Waals surface area contributed by atoms with Crippen LogP contribution in [-0.2, 0) is 0 Å². The molecule has 3 atom stereocenters. The summed E-state index contributed by atoms with van der Waals surface area (Å²) in [6.07, 6.45) is 0.837. The summed E-state index contributed by atoms with van der Waals surface area (Å²) in [5.74, 6) is 0.764. The molecule has 0 spiro atoms. The Bertz CT molecular complexity index is 405. The molecule has 17 heavy (non-hydrogen) atoms. The molecule has 1 N–H and O–H groups in total. The van der Waals surface area contributed by atoms with Crippen molar-refractivity contribution in [1.82, 2.24) is 0 Å². The van der Waals surface area contributed by atoms with Gasteiger partial charge in [-0.2, -0.15) is 0 Å². The highest BCUT2D eigenvalue weighted by Gasteiger charge is 2.26. The average Bonchev–Trinajstić information content (AvgIpc) is 2.57. The first-order valence-electron chi connectivity index (χ1n) is 6.23. The Balaban J connectivity index is 2.26. The van der Waals surface area contributed by atoms with Crippen LogP contribution >= 0.6 is 15.9 Å². The SMILES string of the molecule is CC1CC(C)N(c2ccc(C(C)O)c(Br)c2)C1. The number of rotatable bonds is 2. The van der Waals surface area contributed by atoms with Crippen LogP contribution in [0.4, 0.5) is 5.69 Å². The number of benzene rings is 1. The minimum absolute atomic E-state index is 0.423. The molecule has 2 rings (SSSR count). The van der Waals surface area contributed by atoms with Crippen molar-refractivity contribution in [3.8, 4) is 0 Å². The fourth-order valence-electron chi connectivity index (χ4n) is 2.69. The summed E-state index contributed by atoms with van der Waals surface area (Å²) in [5, 5.41) is 9.61. The van der Waals surface area contributed by atoms with E-state index in [-0.39, 0.29) is 0 Å². The summed E-state index contributed by atoms with van der Waals surface area (Å²) < 4.78 is 0.997. The monoisotopic (exact) mass is 297 g/mol. The maximum Gasteiger partial charge on any atom is 0.0772 e. The molecule has 3 unspecified atom stereocenters. The first kappa shape index (κ1) is 12.9. The van der Waals surface area contributed by atoms with Crippen molar-refractivity contribution in [3.63, 3.8) is 0 Å². The molecule has 1 aromatic rings. The Morgan fingerprint density at radius 2 is 2.12 bits per heavy atom. The van der Waals surface area contributed by atoms with Crippen LogP contribution in [0.5, 0.6) is 0 Å². The number of halogens is 1. The normalized spacial score (nSPS) is 26.3. The maximum atomic E-state index is 9.61. The van der Waals surface area contributed by atoms with E-state index in [4.69, 9.17) is 0 Å². The van der Waals surface area contributed by atoms with Crippen LogP contribution in [0, 0.1) is 5.92 Å². The first-order chi connectivity index (χ1) is 7.99. The molecule has 1 saturated heterocycles. The molecule has 1 fully saturated rings. The lowest BCUT2D eigenvalue weighted by atomic mass is 10.1. The molecule has 1 aromatic carbocycles. The summed E-state index contributed by atoms with van der Waals surface area (Å²) in [7, 11) is 0. The highest BCUT2D eigenvalue weighted by molar-refractivity contribution is 9.10. The fraction of sp³-hybridized carbons (Fsp3) is 0.571. The lowest BCUT2D eigenvalue weighted by molar-refractivity contribution is 0.198. The number of nitrogens with zero attached hydrogens (tertiary/aromatic N) is 1. The smallest absolute Gasteiger partial charge is 0.0772 e. The second-order valence-corrected chi connectivity index (χ2v) is 6.08. The zero-order valence-electron chi connectivity index (χ0n) is 10.7. The van der Waals surface area contributed by atoms with E-state index in [1.54, 1.807) is 6.92 Å². The van der Waals surface area contributed by atoms with Crippen molar-refractivity contribution < 1.29 is 5.11 Å². The first-order valence-corrected chi connectivity index (χ1v) is 7.02. The van der Waals surface area contributed by atoms with Crippen LogP contribution in [0.1, 0.15) is 38.9 Å². The van der Waals surface area contributed by atoms with E-state index in [9.17, 15) is 5.11 Å². The van der Waals surface area contributed by atoms with E-state index in [0.717, 1.165) is 22.5 Å². The quantitative estimate of drug-likeness (QED) is 0.899. The highest BCUT2D eigenvalue weighted by atomic mass is 79.9. The van der Waals surface area contributed by atoms with Crippen molar-refractivity contribution in [2.24, 2.45) is 5.92 Å². The lowest BCUT2D eigenvalue weighted by Gasteiger charge is -2.25. The zero-order chi connectivity index (χ0) is 12.6. The molecule has 2 nitrogen and oxygen atoms in total. The summed E-state index contributed by atoms with van der Waals surface area (Å²) >= 11 is 3.54. The summed E-state index contributed by atoms with van der Waals surface area (Å²) in [6, 6.07) is 6.85. The van der Waals surface area contributed by atoms with Crippen LogP contribution in [-0.4, -0.2) is 17.7 Å².